The van der Waals surface area contributed by atoms with Gasteiger partial charge in [-0.05, 0) is 25.1 Å². The Morgan fingerprint density at radius 1 is 1.18 bits per heavy atom. The maximum absolute atomic E-state index is 14.2. The first-order chi connectivity index (χ1) is 15.9. The van der Waals surface area contributed by atoms with Crippen molar-refractivity contribution in [1.82, 2.24) is 4.90 Å². The van der Waals surface area contributed by atoms with Crippen LogP contribution in [0.3, 0.4) is 0 Å². The Labute approximate surface area is 190 Å². The standard InChI is InChI=1S/C24H26F2N2O5/c1-3-32-24(30)11-10-23(29)28(14-16-8-9-17(25)12-20(16)26)15-18-13-21(27-33-18)19-6-4-5-7-22(19)31-2/h4-9,12,18H,3,10-11,13-15H2,1-2H3. The summed E-state index contributed by atoms with van der Waals surface area (Å²) < 4.78 is 37.8. The number of amides is 1. The molecule has 1 unspecified atom stereocenters. The lowest BCUT2D eigenvalue weighted by Crippen LogP contribution is -2.37. The summed E-state index contributed by atoms with van der Waals surface area (Å²) in [6.07, 6.45) is -0.258. The number of hydrogen-bond donors (Lipinski definition) is 0. The van der Waals surface area contributed by atoms with Gasteiger partial charge in [-0.25, -0.2) is 8.78 Å². The minimum Gasteiger partial charge on any atom is -0.496 e. The van der Waals surface area contributed by atoms with E-state index in [4.69, 9.17) is 14.3 Å². The molecule has 0 saturated heterocycles. The molecule has 0 saturated carbocycles. The number of benzene rings is 2. The predicted molar refractivity (Wildman–Crippen MR) is 117 cm³/mol. The number of para-hydroxylation sites is 1. The molecule has 7 nitrogen and oxygen atoms in total. The maximum atomic E-state index is 14.2. The van der Waals surface area contributed by atoms with Crippen molar-refractivity contribution in [2.45, 2.75) is 38.8 Å². The van der Waals surface area contributed by atoms with Crippen molar-refractivity contribution in [1.29, 1.82) is 0 Å². The van der Waals surface area contributed by atoms with E-state index >= 15 is 0 Å². The number of ether oxygens (including phenoxy) is 2. The van der Waals surface area contributed by atoms with Crippen molar-refractivity contribution in [3.8, 4) is 5.75 Å². The molecule has 2 aromatic carbocycles. The average Bonchev–Trinajstić information content (AvgIpc) is 3.27. The minimum absolute atomic E-state index is 0.0937. The Bertz CT molecular complexity index is 1030. The van der Waals surface area contributed by atoms with Crippen LogP contribution in [0, 0.1) is 11.6 Å². The van der Waals surface area contributed by atoms with Gasteiger partial charge in [0, 0.05) is 36.6 Å². The molecule has 33 heavy (non-hydrogen) atoms. The second kappa shape index (κ2) is 11.4. The number of halogens is 2. The largest absolute Gasteiger partial charge is 0.496 e. The smallest absolute Gasteiger partial charge is 0.306 e. The number of nitrogens with zero attached hydrogens (tertiary/aromatic N) is 2. The van der Waals surface area contributed by atoms with Crippen LogP contribution in [0.25, 0.3) is 0 Å². The molecule has 1 heterocycles. The van der Waals surface area contributed by atoms with Gasteiger partial charge in [0.2, 0.25) is 5.91 Å². The highest BCUT2D eigenvalue weighted by atomic mass is 19.1. The minimum atomic E-state index is -0.753. The fourth-order valence-corrected chi connectivity index (χ4v) is 3.52. The third-order valence-electron chi connectivity index (χ3n) is 5.15. The van der Waals surface area contributed by atoms with Crippen molar-refractivity contribution >= 4 is 17.6 Å². The van der Waals surface area contributed by atoms with Gasteiger partial charge in [-0.15, -0.1) is 0 Å². The third-order valence-corrected chi connectivity index (χ3v) is 5.15. The quantitative estimate of drug-likeness (QED) is 0.504. The van der Waals surface area contributed by atoms with Crippen molar-refractivity contribution in [2.75, 3.05) is 20.3 Å². The number of rotatable bonds is 10. The molecule has 0 fully saturated rings. The second-order valence-corrected chi connectivity index (χ2v) is 7.48. The van der Waals surface area contributed by atoms with Gasteiger partial charge in [0.05, 0.1) is 32.4 Å². The molecule has 0 bridgehead atoms. The van der Waals surface area contributed by atoms with E-state index in [0.29, 0.717) is 17.9 Å². The van der Waals surface area contributed by atoms with Crippen LogP contribution in [0.2, 0.25) is 0 Å². The van der Waals surface area contributed by atoms with E-state index in [1.807, 2.05) is 24.3 Å². The van der Waals surface area contributed by atoms with E-state index in [0.717, 1.165) is 17.7 Å². The molecular weight excluding hydrogens is 434 g/mol. The van der Waals surface area contributed by atoms with Crippen molar-refractivity contribution in [2.24, 2.45) is 5.16 Å². The summed E-state index contributed by atoms with van der Waals surface area (Å²) in [5.41, 5.74) is 1.61. The molecule has 0 spiro atoms. The Balaban J connectivity index is 1.71. The molecule has 0 radical (unpaired) electrons. The number of carbonyl (C=O) groups excluding carboxylic acids is 2. The molecule has 176 valence electrons. The molecule has 1 atom stereocenters. The average molecular weight is 460 g/mol. The molecule has 3 rings (SSSR count). The monoisotopic (exact) mass is 460 g/mol. The highest BCUT2D eigenvalue weighted by Crippen LogP contribution is 2.25. The van der Waals surface area contributed by atoms with Crippen molar-refractivity contribution < 1.29 is 32.7 Å². The van der Waals surface area contributed by atoms with Gasteiger partial charge in [-0.2, -0.15) is 0 Å². The number of oxime groups is 1. The van der Waals surface area contributed by atoms with E-state index in [9.17, 15) is 18.4 Å². The molecular formula is C24H26F2N2O5. The van der Waals surface area contributed by atoms with Crippen LogP contribution in [-0.2, 0) is 25.7 Å². The van der Waals surface area contributed by atoms with E-state index < -0.39 is 23.7 Å². The van der Waals surface area contributed by atoms with Gasteiger partial charge >= 0.3 is 5.97 Å². The first kappa shape index (κ1) is 24.2. The van der Waals surface area contributed by atoms with Gasteiger partial charge in [-0.3, -0.25) is 9.59 Å². The highest BCUT2D eigenvalue weighted by Gasteiger charge is 2.28. The van der Waals surface area contributed by atoms with Gasteiger partial charge in [0.1, 0.15) is 17.4 Å². The number of hydrogen-bond acceptors (Lipinski definition) is 6. The van der Waals surface area contributed by atoms with Crippen molar-refractivity contribution in [3.05, 3.63) is 65.2 Å². The van der Waals surface area contributed by atoms with E-state index in [1.54, 1.807) is 14.0 Å². The normalized spacial score (nSPS) is 14.9. The van der Waals surface area contributed by atoms with E-state index in [1.165, 1.54) is 11.0 Å². The fourth-order valence-electron chi connectivity index (χ4n) is 3.52. The van der Waals surface area contributed by atoms with Crippen LogP contribution in [0.4, 0.5) is 8.78 Å². The van der Waals surface area contributed by atoms with E-state index in [-0.39, 0.29) is 44.0 Å². The molecule has 1 aliphatic rings. The van der Waals surface area contributed by atoms with Crippen LogP contribution in [0.5, 0.6) is 5.75 Å². The van der Waals surface area contributed by atoms with E-state index in [2.05, 4.69) is 5.16 Å². The van der Waals surface area contributed by atoms with Crippen LogP contribution < -0.4 is 4.74 Å². The Kier molecular flexibility index (Phi) is 8.34. The van der Waals surface area contributed by atoms with Crippen LogP contribution in [0.15, 0.2) is 47.6 Å². The summed E-state index contributed by atoms with van der Waals surface area (Å²) in [4.78, 5) is 31.5. The Morgan fingerprint density at radius 2 is 1.97 bits per heavy atom. The summed E-state index contributed by atoms with van der Waals surface area (Å²) in [6, 6.07) is 10.6. The maximum Gasteiger partial charge on any atom is 0.306 e. The lowest BCUT2D eigenvalue weighted by molar-refractivity contribution is -0.146. The second-order valence-electron chi connectivity index (χ2n) is 7.48. The van der Waals surface area contributed by atoms with Crippen LogP contribution in [0.1, 0.15) is 37.3 Å². The van der Waals surface area contributed by atoms with Gasteiger partial charge < -0.3 is 19.2 Å². The fraction of sp³-hybridized carbons (Fsp3) is 0.375. The van der Waals surface area contributed by atoms with Crippen LogP contribution >= 0.6 is 0 Å². The molecule has 2 aromatic rings. The van der Waals surface area contributed by atoms with Gasteiger partial charge in [0.15, 0.2) is 6.10 Å². The zero-order valence-corrected chi connectivity index (χ0v) is 18.6. The topological polar surface area (TPSA) is 77.4 Å². The molecule has 0 aromatic heterocycles. The molecule has 0 aliphatic carbocycles. The van der Waals surface area contributed by atoms with Crippen LogP contribution in [-0.4, -0.2) is 48.9 Å². The molecule has 1 aliphatic heterocycles. The molecule has 1 amide bonds. The SMILES string of the molecule is CCOC(=O)CCC(=O)N(Cc1ccc(F)cc1F)CC1CC(c2ccccc2OC)=NO1. The Morgan fingerprint density at radius 3 is 2.70 bits per heavy atom. The molecule has 0 N–H and O–H groups in total. The summed E-state index contributed by atoms with van der Waals surface area (Å²) in [5, 5.41) is 4.14. The zero-order chi connectivity index (χ0) is 23.8. The van der Waals surface area contributed by atoms with Gasteiger partial charge in [0.25, 0.3) is 0 Å². The third kappa shape index (κ3) is 6.50. The summed E-state index contributed by atoms with van der Waals surface area (Å²) >= 11 is 0. The zero-order valence-electron chi connectivity index (χ0n) is 18.6. The van der Waals surface area contributed by atoms with Crippen molar-refractivity contribution in [3.63, 3.8) is 0 Å². The summed E-state index contributed by atoms with van der Waals surface area (Å²) in [5.74, 6) is -1.67. The first-order valence-electron chi connectivity index (χ1n) is 10.6. The lowest BCUT2D eigenvalue weighted by Gasteiger charge is -2.25. The molecule has 9 heteroatoms. The first-order valence-corrected chi connectivity index (χ1v) is 10.6. The number of carbonyl (C=O) groups is 2. The number of esters is 1. The van der Waals surface area contributed by atoms with Gasteiger partial charge in [-0.1, -0.05) is 23.4 Å². The lowest BCUT2D eigenvalue weighted by atomic mass is 10.0. The Hall–Kier alpha value is -3.49. The summed E-state index contributed by atoms with van der Waals surface area (Å²) in [6.45, 7) is 1.91. The summed E-state index contributed by atoms with van der Waals surface area (Å²) in [7, 11) is 1.56. The number of methoxy groups -OCH3 is 1. The predicted octanol–water partition coefficient (Wildman–Crippen LogP) is 3.84. The highest BCUT2D eigenvalue weighted by molar-refractivity contribution is 6.03.